The van der Waals surface area contributed by atoms with E-state index in [2.05, 4.69) is 10.3 Å². The second kappa shape index (κ2) is 6.99. The molecule has 1 aromatic heterocycles. The summed E-state index contributed by atoms with van der Waals surface area (Å²) in [7, 11) is 0. The Hall–Kier alpha value is -2.43. The highest BCUT2D eigenvalue weighted by molar-refractivity contribution is 5.95. The number of piperidine rings is 1. The van der Waals surface area contributed by atoms with Gasteiger partial charge in [0.15, 0.2) is 0 Å². The predicted molar refractivity (Wildman–Crippen MR) is 93.6 cm³/mol. The van der Waals surface area contributed by atoms with Crippen LogP contribution in [0.4, 0.5) is 0 Å². The van der Waals surface area contributed by atoms with Crippen molar-refractivity contribution in [3.05, 3.63) is 42.1 Å². The van der Waals surface area contributed by atoms with Gasteiger partial charge in [0, 0.05) is 30.4 Å². The second-order valence-electron chi connectivity index (χ2n) is 6.62. The molecule has 5 nitrogen and oxygen atoms in total. The monoisotopic (exact) mass is 325 g/mol. The zero-order valence-corrected chi connectivity index (χ0v) is 14.2. The Labute approximate surface area is 142 Å². The minimum Gasteiger partial charge on any atom is -0.354 e. The molecule has 1 aromatic carbocycles. The van der Waals surface area contributed by atoms with E-state index in [0.717, 1.165) is 10.9 Å². The van der Waals surface area contributed by atoms with Gasteiger partial charge in [-0.1, -0.05) is 24.3 Å². The first-order valence-electron chi connectivity index (χ1n) is 8.50. The van der Waals surface area contributed by atoms with Gasteiger partial charge >= 0.3 is 0 Å². The van der Waals surface area contributed by atoms with Gasteiger partial charge in [-0.3, -0.25) is 9.59 Å². The summed E-state index contributed by atoms with van der Waals surface area (Å²) in [5.74, 6) is 0.0467. The van der Waals surface area contributed by atoms with E-state index in [0.29, 0.717) is 31.6 Å². The lowest BCUT2D eigenvalue weighted by Crippen LogP contribution is -2.44. The van der Waals surface area contributed by atoms with Gasteiger partial charge in [0.2, 0.25) is 5.91 Å². The highest BCUT2D eigenvalue weighted by Gasteiger charge is 2.28. The molecule has 2 aromatic rings. The molecule has 0 bridgehead atoms. The molecule has 1 aliphatic rings. The van der Waals surface area contributed by atoms with Crippen molar-refractivity contribution in [3.8, 4) is 0 Å². The van der Waals surface area contributed by atoms with Gasteiger partial charge in [-0.15, -0.1) is 0 Å². The number of nitrogens with one attached hydrogen (secondary N) is 1. The minimum atomic E-state index is -0.0523. The third kappa shape index (κ3) is 3.55. The Morgan fingerprint density at radius 2 is 1.83 bits per heavy atom. The van der Waals surface area contributed by atoms with Crippen molar-refractivity contribution in [1.29, 1.82) is 0 Å². The number of carbonyl (C=O) groups excluding carboxylic acids is 2. The Bertz CT molecular complexity index is 749. The molecule has 0 saturated carbocycles. The molecule has 24 heavy (non-hydrogen) atoms. The summed E-state index contributed by atoms with van der Waals surface area (Å²) in [5, 5.41) is 3.98. The number of para-hydroxylation sites is 1. The molecule has 1 saturated heterocycles. The summed E-state index contributed by atoms with van der Waals surface area (Å²) in [6.45, 7) is 5.12. The van der Waals surface area contributed by atoms with Crippen molar-refractivity contribution in [3.63, 3.8) is 0 Å². The van der Waals surface area contributed by atoms with Crippen LogP contribution in [0.2, 0.25) is 0 Å². The van der Waals surface area contributed by atoms with Gasteiger partial charge in [-0.25, -0.2) is 4.98 Å². The lowest BCUT2D eigenvalue weighted by Gasteiger charge is -2.31. The Morgan fingerprint density at radius 1 is 1.12 bits per heavy atom. The van der Waals surface area contributed by atoms with E-state index in [9.17, 15) is 9.59 Å². The maximum atomic E-state index is 12.7. The SMILES string of the molecule is CC(C)NC(=O)C1CCN(C(=O)c2ccc3ccccc3n2)CC1. The van der Waals surface area contributed by atoms with Crippen molar-refractivity contribution >= 4 is 22.7 Å². The minimum absolute atomic E-state index is 0.000938. The molecular weight excluding hydrogens is 302 g/mol. The number of fused-ring (bicyclic) bond motifs is 1. The van der Waals surface area contributed by atoms with Crippen LogP contribution in [0, 0.1) is 5.92 Å². The number of likely N-dealkylation sites (tertiary alicyclic amines) is 1. The normalized spacial score (nSPS) is 15.7. The summed E-state index contributed by atoms with van der Waals surface area (Å²) < 4.78 is 0. The maximum Gasteiger partial charge on any atom is 0.272 e. The maximum absolute atomic E-state index is 12.7. The van der Waals surface area contributed by atoms with Crippen LogP contribution in [0.5, 0.6) is 0 Å². The molecule has 2 amide bonds. The molecule has 0 aliphatic carbocycles. The van der Waals surface area contributed by atoms with Crippen LogP contribution in [-0.4, -0.2) is 40.8 Å². The summed E-state index contributed by atoms with van der Waals surface area (Å²) in [6.07, 6.45) is 1.41. The number of amides is 2. The highest BCUT2D eigenvalue weighted by Crippen LogP contribution is 2.20. The summed E-state index contributed by atoms with van der Waals surface area (Å²) in [5.41, 5.74) is 1.30. The molecule has 5 heteroatoms. The fourth-order valence-electron chi connectivity index (χ4n) is 3.09. The molecule has 0 atom stereocenters. The van der Waals surface area contributed by atoms with E-state index >= 15 is 0 Å². The largest absolute Gasteiger partial charge is 0.354 e. The molecule has 1 aliphatic heterocycles. The van der Waals surface area contributed by atoms with Gasteiger partial charge in [0.25, 0.3) is 5.91 Å². The fraction of sp³-hybridized carbons (Fsp3) is 0.421. The molecular formula is C19H23N3O2. The van der Waals surface area contributed by atoms with Crippen molar-refractivity contribution in [2.45, 2.75) is 32.7 Å². The van der Waals surface area contributed by atoms with E-state index < -0.39 is 0 Å². The van der Waals surface area contributed by atoms with E-state index in [1.54, 1.807) is 11.0 Å². The number of hydrogen-bond donors (Lipinski definition) is 1. The Balaban J connectivity index is 1.65. The summed E-state index contributed by atoms with van der Waals surface area (Å²) in [4.78, 5) is 31.0. The molecule has 0 radical (unpaired) electrons. The number of hydrogen-bond acceptors (Lipinski definition) is 3. The third-order valence-corrected chi connectivity index (χ3v) is 4.40. The highest BCUT2D eigenvalue weighted by atomic mass is 16.2. The molecule has 0 unspecified atom stereocenters. The average Bonchev–Trinajstić information content (AvgIpc) is 2.60. The van der Waals surface area contributed by atoms with E-state index in [-0.39, 0.29) is 23.8 Å². The Morgan fingerprint density at radius 3 is 2.54 bits per heavy atom. The number of rotatable bonds is 3. The molecule has 0 spiro atoms. The quantitative estimate of drug-likeness (QED) is 0.943. The van der Waals surface area contributed by atoms with Crippen LogP contribution in [0.3, 0.4) is 0 Å². The van der Waals surface area contributed by atoms with Gasteiger partial charge < -0.3 is 10.2 Å². The van der Waals surface area contributed by atoms with E-state index in [4.69, 9.17) is 0 Å². The van der Waals surface area contributed by atoms with Gasteiger partial charge in [0.05, 0.1) is 5.52 Å². The molecule has 3 rings (SSSR count). The lowest BCUT2D eigenvalue weighted by molar-refractivity contribution is -0.126. The van der Waals surface area contributed by atoms with Crippen LogP contribution in [0.25, 0.3) is 10.9 Å². The van der Waals surface area contributed by atoms with Crippen molar-refractivity contribution in [2.75, 3.05) is 13.1 Å². The van der Waals surface area contributed by atoms with E-state index in [1.165, 1.54) is 0 Å². The van der Waals surface area contributed by atoms with Crippen LogP contribution in [-0.2, 0) is 4.79 Å². The van der Waals surface area contributed by atoms with Gasteiger partial charge in [0.1, 0.15) is 5.69 Å². The van der Waals surface area contributed by atoms with Gasteiger partial charge in [-0.05, 0) is 38.8 Å². The number of pyridine rings is 1. The van der Waals surface area contributed by atoms with Gasteiger partial charge in [-0.2, -0.15) is 0 Å². The fourth-order valence-corrected chi connectivity index (χ4v) is 3.09. The van der Waals surface area contributed by atoms with Crippen LogP contribution < -0.4 is 5.32 Å². The average molecular weight is 325 g/mol. The standard InChI is InChI=1S/C19H23N3O2/c1-13(2)20-18(23)15-9-11-22(12-10-15)19(24)17-8-7-14-5-3-4-6-16(14)21-17/h3-8,13,15H,9-12H2,1-2H3,(H,20,23). The third-order valence-electron chi connectivity index (χ3n) is 4.40. The number of nitrogens with zero attached hydrogens (tertiary/aromatic N) is 2. The summed E-state index contributed by atoms with van der Waals surface area (Å²) in [6, 6.07) is 11.6. The zero-order chi connectivity index (χ0) is 17.1. The van der Waals surface area contributed by atoms with Crippen molar-refractivity contribution in [1.82, 2.24) is 15.2 Å². The van der Waals surface area contributed by atoms with Crippen LogP contribution >= 0.6 is 0 Å². The van der Waals surface area contributed by atoms with Crippen LogP contribution in [0.1, 0.15) is 37.2 Å². The molecule has 1 fully saturated rings. The number of aromatic nitrogens is 1. The first-order chi connectivity index (χ1) is 11.5. The zero-order valence-electron chi connectivity index (χ0n) is 14.2. The van der Waals surface area contributed by atoms with Crippen LogP contribution in [0.15, 0.2) is 36.4 Å². The predicted octanol–water partition coefficient (Wildman–Crippen LogP) is 2.61. The number of benzene rings is 1. The molecule has 2 heterocycles. The molecule has 126 valence electrons. The van der Waals surface area contributed by atoms with Crippen molar-refractivity contribution in [2.24, 2.45) is 5.92 Å². The first kappa shape index (κ1) is 16.4. The molecule has 1 N–H and O–H groups in total. The second-order valence-corrected chi connectivity index (χ2v) is 6.62. The first-order valence-corrected chi connectivity index (χ1v) is 8.50. The van der Waals surface area contributed by atoms with Crippen molar-refractivity contribution < 1.29 is 9.59 Å². The Kier molecular flexibility index (Phi) is 4.79. The number of carbonyl (C=O) groups is 2. The topological polar surface area (TPSA) is 62.3 Å². The summed E-state index contributed by atoms with van der Waals surface area (Å²) >= 11 is 0. The van der Waals surface area contributed by atoms with E-state index in [1.807, 2.05) is 44.2 Å². The lowest BCUT2D eigenvalue weighted by atomic mass is 9.95. The smallest absolute Gasteiger partial charge is 0.272 e.